The molecular weight excluding hydrogens is 212 g/mol. The maximum Gasteiger partial charge on any atom is 0.0978 e. The minimum absolute atomic E-state index is 0.153. The number of likely N-dealkylation sites (tertiary alicyclic amines) is 1. The number of piperidine rings is 1. The Hall–Kier alpha value is -0.590. The van der Waals surface area contributed by atoms with Crippen LogP contribution < -0.4 is 0 Å². The van der Waals surface area contributed by atoms with Crippen molar-refractivity contribution < 1.29 is 4.74 Å². The number of hydrogen-bond acceptors (Lipinski definition) is 3. The fourth-order valence-corrected chi connectivity index (χ4v) is 2.63. The van der Waals surface area contributed by atoms with Gasteiger partial charge in [0.25, 0.3) is 0 Å². The molecule has 0 aromatic heterocycles. The highest BCUT2D eigenvalue weighted by Gasteiger charge is 2.45. The molecule has 2 rings (SSSR count). The first-order valence-electron chi connectivity index (χ1n) is 6.90. The minimum Gasteiger partial charge on any atom is -0.378 e. The van der Waals surface area contributed by atoms with Crippen molar-refractivity contribution in [3.05, 3.63) is 0 Å². The second kappa shape index (κ2) is 5.37. The van der Waals surface area contributed by atoms with Gasteiger partial charge in [0, 0.05) is 12.0 Å². The van der Waals surface area contributed by atoms with E-state index in [1.165, 1.54) is 25.7 Å². The van der Waals surface area contributed by atoms with Crippen LogP contribution >= 0.6 is 0 Å². The van der Waals surface area contributed by atoms with Crippen LogP contribution in [0.25, 0.3) is 0 Å². The number of ether oxygens (including phenoxy) is 1. The molecule has 0 N–H and O–H groups in total. The highest BCUT2D eigenvalue weighted by Crippen LogP contribution is 2.47. The third-order valence-corrected chi connectivity index (χ3v) is 3.98. The van der Waals surface area contributed by atoms with Crippen molar-refractivity contribution in [3.8, 4) is 6.07 Å². The molecule has 0 spiro atoms. The van der Waals surface area contributed by atoms with Crippen LogP contribution in [0.1, 0.15) is 46.0 Å². The van der Waals surface area contributed by atoms with Crippen LogP contribution in [-0.4, -0.2) is 36.7 Å². The molecule has 96 valence electrons. The van der Waals surface area contributed by atoms with Crippen molar-refractivity contribution in [3.63, 3.8) is 0 Å². The van der Waals surface area contributed by atoms with E-state index in [-0.39, 0.29) is 6.04 Å². The summed E-state index contributed by atoms with van der Waals surface area (Å²) in [6.07, 6.45) is 6.38. The Morgan fingerprint density at radius 3 is 2.76 bits per heavy atom. The zero-order chi connectivity index (χ0) is 12.3. The molecule has 0 radical (unpaired) electrons. The van der Waals surface area contributed by atoms with Crippen molar-refractivity contribution in [1.82, 2.24) is 4.90 Å². The highest BCUT2D eigenvalue weighted by molar-refractivity contribution is 5.01. The number of hydrogen-bond donors (Lipinski definition) is 0. The molecule has 3 nitrogen and oxygen atoms in total. The average Bonchev–Trinajstić information content (AvgIpc) is 3.08. The van der Waals surface area contributed by atoms with Gasteiger partial charge in [0.1, 0.15) is 0 Å². The zero-order valence-corrected chi connectivity index (χ0v) is 11.1. The van der Waals surface area contributed by atoms with E-state index in [1.807, 2.05) is 0 Å². The molecule has 17 heavy (non-hydrogen) atoms. The van der Waals surface area contributed by atoms with Gasteiger partial charge in [-0.25, -0.2) is 0 Å². The smallest absolute Gasteiger partial charge is 0.0978 e. The van der Waals surface area contributed by atoms with E-state index in [4.69, 9.17) is 4.74 Å². The Balaban J connectivity index is 1.84. The Labute approximate surface area is 105 Å². The normalized spacial score (nSPS) is 28.0. The topological polar surface area (TPSA) is 36.3 Å². The standard InChI is InChI=1S/C14H24N2O/c1-12(2)17-11-14(6-7-14)10-16-8-4-3-5-13(16)9-15/h12-13H,3-8,10-11H2,1-2H3/t13-/m0/s1. The number of nitrogens with zero attached hydrogens (tertiary/aromatic N) is 2. The molecule has 0 amide bonds. The summed E-state index contributed by atoms with van der Waals surface area (Å²) in [5, 5.41) is 9.17. The van der Waals surface area contributed by atoms with Crippen molar-refractivity contribution in [2.45, 2.75) is 58.1 Å². The largest absolute Gasteiger partial charge is 0.378 e. The first-order chi connectivity index (χ1) is 8.15. The molecule has 0 aromatic carbocycles. The maximum absolute atomic E-state index is 9.17. The van der Waals surface area contributed by atoms with Crippen LogP contribution in [-0.2, 0) is 4.74 Å². The van der Waals surface area contributed by atoms with E-state index >= 15 is 0 Å². The summed E-state index contributed by atoms with van der Waals surface area (Å²) in [7, 11) is 0. The summed E-state index contributed by atoms with van der Waals surface area (Å²) in [6, 6.07) is 2.61. The number of rotatable bonds is 5. The lowest BCUT2D eigenvalue weighted by molar-refractivity contribution is 0.0245. The molecular formula is C14H24N2O. The van der Waals surface area contributed by atoms with Crippen LogP contribution in [0.4, 0.5) is 0 Å². The lowest BCUT2D eigenvalue weighted by atomic mass is 9.99. The molecule has 1 saturated heterocycles. The lowest BCUT2D eigenvalue weighted by Gasteiger charge is -2.34. The quantitative estimate of drug-likeness (QED) is 0.736. The summed E-state index contributed by atoms with van der Waals surface area (Å²) in [5.41, 5.74) is 0.372. The molecule has 1 heterocycles. The van der Waals surface area contributed by atoms with E-state index in [2.05, 4.69) is 24.8 Å². The molecule has 1 aliphatic carbocycles. The molecule has 2 aliphatic rings. The Morgan fingerprint density at radius 2 is 2.18 bits per heavy atom. The van der Waals surface area contributed by atoms with Crippen LogP contribution in [0.3, 0.4) is 0 Å². The monoisotopic (exact) mass is 236 g/mol. The summed E-state index contributed by atoms with van der Waals surface area (Å²) >= 11 is 0. The van der Waals surface area contributed by atoms with E-state index < -0.39 is 0 Å². The van der Waals surface area contributed by atoms with Gasteiger partial charge in [-0.05, 0) is 52.5 Å². The van der Waals surface area contributed by atoms with Gasteiger partial charge in [-0.1, -0.05) is 0 Å². The summed E-state index contributed by atoms with van der Waals surface area (Å²) in [4.78, 5) is 2.39. The third kappa shape index (κ3) is 3.43. The van der Waals surface area contributed by atoms with Crippen LogP contribution in [0.5, 0.6) is 0 Å². The summed E-state index contributed by atoms with van der Waals surface area (Å²) in [5.74, 6) is 0. The van der Waals surface area contributed by atoms with Gasteiger partial charge >= 0.3 is 0 Å². The van der Waals surface area contributed by atoms with Gasteiger partial charge in [0.05, 0.1) is 24.8 Å². The molecule has 0 aromatic rings. The average molecular weight is 236 g/mol. The van der Waals surface area contributed by atoms with Gasteiger partial charge in [-0.3, -0.25) is 4.90 Å². The van der Waals surface area contributed by atoms with E-state index in [9.17, 15) is 5.26 Å². The van der Waals surface area contributed by atoms with Gasteiger partial charge in [0.2, 0.25) is 0 Å². The summed E-state index contributed by atoms with van der Waals surface area (Å²) < 4.78 is 5.77. The van der Waals surface area contributed by atoms with Gasteiger partial charge in [-0.2, -0.15) is 5.26 Å². The molecule has 1 aliphatic heterocycles. The third-order valence-electron chi connectivity index (χ3n) is 3.98. The SMILES string of the molecule is CC(C)OCC1(CN2CCCC[C@H]2C#N)CC1. The molecule has 3 heteroatoms. The molecule has 0 unspecified atom stereocenters. The van der Waals surface area contributed by atoms with E-state index in [0.29, 0.717) is 11.5 Å². The predicted octanol–water partition coefficient (Wildman–Crippen LogP) is 2.57. The second-order valence-electron chi connectivity index (χ2n) is 5.97. The Kier molecular flexibility index (Phi) is 4.06. The fraction of sp³-hybridized carbons (Fsp3) is 0.929. The highest BCUT2D eigenvalue weighted by atomic mass is 16.5. The molecule has 1 saturated carbocycles. The van der Waals surface area contributed by atoms with Gasteiger partial charge in [0.15, 0.2) is 0 Å². The van der Waals surface area contributed by atoms with Crippen molar-refractivity contribution in [2.24, 2.45) is 5.41 Å². The van der Waals surface area contributed by atoms with Crippen LogP contribution in [0.2, 0.25) is 0 Å². The van der Waals surface area contributed by atoms with E-state index in [0.717, 1.165) is 26.1 Å². The maximum atomic E-state index is 9.17. The zero-order valence-electron chi connectivity index (χ0n) is 11.1. The molecule has 0 bridgehead atoms. The summed E-state index contributed by atoms with van der Waals surface area (Å²) in [6.45, 7) is 7.23. The van der Waals surface area contributed by atoms with Crippen molar-refractivity contribution in [1.29, 1.82) is 5.26 Å². The van der Waals surface area contributed by atoms with Crippen molar-refractivity contribution >= 4 is 0 Å². The van der Waals surface area contributed by atoms with E-state index in [1.54, 1.807) is 0 Å². The minimum atomic E-state index is 0.153. The Bertz CT molecular complexity index is 291. The molecule has 1 atom stereocenters. The second-order valence-corrected chi connectivity index (χ2v) is 5.97. The lowest BCUT2D eigenvalue weighted by Crippen LogP contribution is -2.43. The van der Waals surface area contributed by atoms with Crippen LogP contribution in [0, 0.1) is 16.7 Å². The van der Waals surface area contributed by atoms with Crippen LogP contribution in [0.15, 0.2) is 0 Å². The molecule has 2 fully saturated rings. The fourth-order valence-electron chi connectivity index (χ4n) is 2.63. The van der Waals surface area contributed by atoms with Gasteiger partial charge in [-0.15, -0.1) is 0 Å². The van der Waals surface area contributed by atoms with Crippen molar-refractivity contribution in [2.75, 3.05) is 19.7 Å². The first-order valence-corrected chi connectivity index (χ1v) is 6.90. The number of nitriles is 1. The predicted molar refractivity (Wildman–Crippen MR) is 67.6 cm³/mol. The first kappa shape index (κ1) is 12.9. The van der Waals surface area contributed by atoms with Gasteiger partial charge < -0.3 is 4.74 Å². The Morgan fingerprint density at radius 1 is 1.41 bits per heavy atom.